The van der Waals surface area contributed by atoms with Crippen LogP contribution in [0.4, 0.5) is 17.1 Å². The maximum atomic E-state index is 5.76. The zero-order valence-electron chi connectivity index (χ0n) is 15.2. The molecule has 5 nitrogen and oxygen atoms in total. The first-order valence-electron chi connectivity index (χ1n) is 8.23. The normalized spacial score (nSPS) is 11.3. The van der Waals surface area contributed by atoms with Gasteiger partial charge in [-0.3, -0.25) is 0 Å². The SMILES string of the molecule is C[N+](C)(C)CCCCOc1ccc(N=Nc2ccc(N)cc2)cc1.[Cl-]. The number of hydrogen-bond acceptors (Lipinski definition) is 4. The van der Waals surface area contributed by atoms with Gasteiger partial charge in [-0.05, 0) is 61.4 Å². The van der Waals surface area contributed by atoms with E-state index >= 15 is 0 Å². The number of hydrogen-bond donors (Lipinski definition) is 1. The monoisotopic (exact) mass is 362 g/mol. The minimum Gasteiger partial charge on any atom is -1.00 e. The van der Waals surface area contributed by atoms with Gasteiger partial charge in [0.25, 0.3) is 0 Å². The third kappa shape index (κ3) is 8.52. The highest BCUT2D eigenvalue weighted by molar-refractivity contribution is 5.48. The molecule has 6 heteroatoms. The van der Waals surface area contributed by atoms with Crippen molar-refractivity contribution in [2.24, 2.45) is 10.2 Å². The molecule has 0 amide bonds. The molecule has 2 rings (SSSR count). The average molecular weight is 363 g/mol. The Morgan fingerprint density at radius 1 is 0.840 bits per heavy atom. The minimum absolute atomic E-state index is 0. The summed E-state index contributed by atoms with van der Waals surface area (Å²) in [5.41, 5.74) is 7.94. The van der Waals surface area contributed by atoms with Gasteiger partial charge in [-0.2, -0.15) is 10.2 Å². The van der Waals surface area contributed by atoms with Crippen molar-refractivity contribution in [3.05, 3.63) is 48.5 Å². The van der Waals surface area contributed by atoms with Gasteiger partial charge in [-0.15, -0.1) is 0 Å². The Morgan fingerprint density at radius 3 is 1.88 bits per heavy atom. The van der Waals surface area contributed by atoms with E-state index in [1.54, 1.807) is 0 Å². The summed E-state index contributed by atoms with van der Waals surface area (Å²) in [6, 6.07) is 15.0. The Kier molecular flexibility index (Phi) is 8.38. The molecule has 0 aliphatic carbocycles. The first-order chi connectivity index (χ1) is 11.4. The van der Waals surface area contributed by atoms with Crippen molar-refractivity contribution in [3.63, 3.8) is 0 Å². The number of benzene rings is 2. The smallest absolute Gasteiger partial charge is 0.119 e. The van der Waals surface area contributed by atoms with Crippen LogP contribution >= 0.6 is 0 Å². The second-order valence-corrected chi connectivity index (χ2v) is 6.85. The highest BCUT2D eigenvalue weighted by Gasteiger charge is 2.05. The molecule has 0 heterocycles. The number of anilines is 1. The van der Waals surface area contributed by atoms with Crippen molar-refractivity contribution < 1.29 is 21.6 Å². The van der Waals surface area contributed by atoms with E-state index in [0.29, 0.717) is 0 Å². The maximum absolute atomic E-state index is 5.76. The van der Waals surface area contributed by atoms with Crippen LogP contribution < -0.4 is 22.9 Å². The summed E-state index contributed by atoms with van der Waals surface area (Å²) in [6.45, 7) is 1.90. The van der Waals surface area contributed by atoms with Crippen LogP contribution in [-0.4, -0.2) is 38.8 Å². The summed E-state index contributed by atoms with van der Waals surface area (Å²) in [7, 11) is 6.62. The molecule has 0 aliphatic rings. The van der Waals surface area contributed by atoms with E-state index in [1.807, 2.05) is 48.5 Å². The zero-order chi connectivity index (χ0) is 17.4. The Balaban J connectivity index is 0.00000312. The Morgan fingerprint density at radius 2 is 1.36 bits per heavy atom. The van der Waals surface area contributed by atoms with Crippen LogP contribution in [0, 0.1) is 0 Å². The fourth-order valence-corrected chi connectivity index (χ4v) is 2.14. The van der Waals surface area contributed by atoms with Crippen LogP contribution in [0.3, 0.4) is 0 Å². The lowest BCUT2D eigenvalue weighted by atomic mass is 10.3. The second kappa shape index (κ2) is 10.0. The molecule has 0 saturated heterocycles. The molecule has 2 aromatic rings. The van der Waals surface area contributed by atoms with Crippen LogP contribution in [0.15, 0.2) is 58.8 Å². The van der Waals surface area contributed by atoms with E-state index in [0.717, 1.165) is 53.3 Å². The highest BCUT2D eigenvalue weighted by Crippen LogP contribution is 2.22. The summed E-state index contributed by atoms with van der Waals surface area (Å²) in [6.07, 6.45) is 2.23. The standard InChI is InChI=1S/C19H27N4O.ClH/c1-23(2,3)14-4-5-15-24-19-12-10-18(11-13-19)22-21-17-8-6-16(20)7-9-17;/h6-13H,4-5,14-15,20H2,1-3H3;1H/q+1;/p-1. The molecule has 136 valence electrons. The predicted molar refractivity (Wildman–Crippen MR) is 99.1 cm³/mol. The summed E-state index contributed by atoms with van der Waals surface area (Å²) in [5, 5.41) is 8.39. The summed E-state index contributed by atoms with van der Waals surface area (Å²) in [5.74, 6) is 0.867. The maximum Gasteiger partial charge on any atom is 0.119 e. The van der Waals surface area contributed by atoms with E-state index < -0.39 is 0 Å². The van der Waals surface area contributed by atoms with Crippen molar-refractivity contribution in [1.82, 2.24) is 0 Å². The molecular formula is C19H27ClN4O. The largest absolute Gasteiger partial charge is 1.00 e. The molecule has 0 saturated carbocycles. The predicted octanol–water partition coefficient (Wildman–Crippen LogP) is 1.55. The molecule has 0 aliphatic heterocycles. The summed E-state index contributed by atoms with van der Waals surface area (Å²) < 4.78 is 6.75. The van der Waals surface area contributed by atoms with Gasteiger partial charge in [0, 0.05) is 5.69 Å². The molecule has 0 unspecified atom stereocenters. The highest BCUT2D eigenvalue weighted by atomic mass is 35.5. The van der Waals surface area contributed by atoms with Gasteiger partial charge in [-0.1, -0.05) is 0 Å². The quantitative estimate of drug-likeness (QED) is 0.335. The molecular weight excluding hydrogens is 336 g/mol. The van der Waals surface area contributed by atoms with E-state index in [1.165, 1.54) is 0 Å². The number of rotatable bonds is 8. The van der Waals surface area contributed by atoms with Crippen LogP contribution in [0.25, 0.3) is 0 Å². The molecule has 0 fully saturated rings. The van der Waals surface area contributed by atoms with Crippen LogP contribution in [0.2, 0.25) is 0 Å². The number of nitrogens with two attached hydrogens (primary N) is 1. The van der Waals surface area contributed by atoms with Crippen molar-refractivity contribution in [1.29, 1.82) is 0 Å². The third-order valence-corrected chi connectivity index (χ3v) is 3.50. The number of unbranched alkanes of at least 4 members (excludes halogenated alkanes) is 1. The topological polar surface area (TPSA) is 60.0 Å². The van der Waals surface area contributed by atoms with Gasteiger partial charge in [0.1, 0.15) is 5.75 Å². The second-order valence-electron chi connectivity index (χ2n) is 6.85. The molecule has 0 atom stereocenters. The molecule has 25 heavy (non-hydrogen) atoms. The van der Waals surface area contributed by atoms with Gasteiger partial charge in [-0.25, -0.2) is 0 Å². The Hall–Kier alpha value is -2.11. The van der Waals surface area contributed by atoms with E-state index in [2.05, 4.69) is 31.4 Å². The lowest BCUT2D eigenvalue weighted by molar-refractivity contribution is -0.870. The molecule has 0 bridgehead atoms. The molecule has 0 radical (unpaired) electrons. The van der Waals surface area contributed by atoms with Gasteiger partial charge in [0.15, 0.2) is 0 Å². The van der Waals surface area contributed by atoms with Crippen LogP contribution in [0.1, 0.15) is 12.8 Å². The third-order valence-electron chi connectivity index (χ3n) is 3.50. The zero-order valence-corrected chi connectivity index (χ0v) is 15.9. The molecule has 0 spiro atoms. The first-order valence-corrected chi connectivity index (χ1v) is 8.23. The fourth-order valence-electron chi connectivity index (χ4n) is 2.14. The first kappa shape index (κ1) is 20.9. The lowest BCUT2D eigenvalue weighted by Crippen LogP contribution is -3.00. The van der Waals surface area contributed by atoms with E-state index in [4.69, 9.17) is 10.5 Å². The van der Waals surface area contributed by atoms with Crippen molar-refractivity contribution >= 4 is 17.1 Å². The number of halogens is 1. The minimum atomic E-state index is 0. The molecule has 2 N–H and O–H groups in total. The van der Waals surface area contributed by atoms with Gasteiger partial charge in [0.2, 0.25) is 0 Å². The van der Waals surface area contributed by atoms with Crippen molar-refractivity contribution in [3.8, 4) is 5.75 Å². The van der Waals surface area contributed by atoms with Crippen molar-refractivity contribution in [2.75, 3.05) is 40.0 Å². The lowest BCUT2D eigenvalue weighted by Gasteiger charge is -2.23. The summed E-state index contributed by atoms with van der Waals surface area (Å²) >= 11 is 0. The number of azo groups is 1. The Bertz CT molecular complexity index is 649. The van der Waals surface area contributed by atoms with Gasteiger partial charge in [0.05, 0.1) is 45.7 Å². The van der Waals surface area contributed by atoms with E-state index in [9.17, 15) is 0 Å². The average Bonchev–Trinajstić information content (AvgIpc) is 2.54. The summed E-state index contributed by atoms with van der Waals surface area (Å²) in [4.78, 5) is 0. The van der Waals surface area contributed by atoms with Gasteiger partial charge < -0.3 is 27.4 Å². The van der Waals surface area contributed by atoms with Crippen molar-refractivity contribution in [2.45, 2.75) is 12.8 Å². The van der Waals surface area contributed by atoms with Crippen LogP contribution in [-0.2, 0) is 0 Å². The number of ether oxygens (including phenoxy) is 1. The molecule has 2 aromatic carbocycles. The molecule has 0 aromatic heterocycles. The number of quaternary nitrogens is 1. The van der Waals surface area contributed by atoms with E-state index in [-0.39, 0.29) is 12.4 Å². The Labute approximate surface area is 156 Å². The fraction of sp³-hybridized carbons (Fsp3) is 0.368. The van der Waals surface area contributed by atoms with Gasteiger partial charge >= 0.3 is 0 Å². The number of nitrogens with zero attached hydrogens (tertiary/aromatic N) is 3. The number of nitrogen functional groups attached to an aromatic ring is 1. The van der Waals surface area contributed by atoms with Crippen LogP contribution in [0.5, 0.6) is 5.75 Å².